The molecule has 0 spiro atoms. The SMILES string of the molecule is Cc1ccc(C(=O)Nc2ccc3c(c2)NC(=O)CS3)cc1F. The lowest BCUT2D eigenvalue weighted by atomic mass is 10.1. The number of hydrogen-bond acceptors (Lipinski definition) is 3. The molecule has 2 aromatic carbocycles. The standard InChI is InChI=1S/C16H13FN2O2S/c1-9-2-3-10(6-12(9)17)16(21)18-11-4-5-14-13(7-11)19-15(20)8-22-14/h2-7H,8H2,1H3,(H,18,21)(H,19,20). The molecule has 6 heteroatoms. The van der Waals surface area contributed by atoms with E-state index in [1.165, 1.54) is 17.8 Å². The third-order valence-corrected chi connectivity index (χ3v) is 4.38. The van der Waals surface area contributed by atoms with Crippen LogP contribution in [0.5, 0.6) is 0 Å². The molecule has 22 heavy (non-hydrogen) atoms. The van der Waals surface area contributed by atoms with Crippen molar-refractivity contribution in [3.63, 3.8) is 0 Å². The maximum absolute atomic E-state index is 13.5. The number of carbonyl (C=O) groups excluding carboxylic acids is 2. The van der Waals surface area contributed by atoms with Gasteiger partial charge in [0.05, 0.1) is 11.4 Å². The zero-order valence-electron chi connectivity index (χ0n) is 11.8. The molecule has 4 nitrogen and oxygen atoms in total. The molecule has 1 aliphatic heterocycles. The number of amides is 2. The van der Waals surface area contributed by atoms with Crippen molar-refractivity contribution in [2.24, 2.45) is 0 Å². The number of anilines is 2. The Morgan fingerprint density at radius 2 is 2.09 bits per heavy atom. The topological polar surface area (TPSA) is 58.2 Å². The van der Waals surface area contributed by atoms with Gasteiger partial charge >= 0.3 is 0 Å². The molecule has 0 unspecified atom stereocenters. The smallest absolute Gasteiger partial charge is 0.255 e. The summed E-state index contributed by atoms with van der Waals surface area (Å²) in [6.07, 6.45) is 0. The molecule has 0 aromatic heterocycles. The summed E-state index contributed by atoms with van der Waals surface area (Å²) < 4.78 is 13.5. The number of hydrogen-bond donors (Lipinski definition) is 2. The Balaban J connectivity index is 1.80. The number of halogens is 1. The molecule has 0 fully saturated rings. The summed E-state index contributed by atoms with van der Waals surface area (Å²) in [5, 5.41) is 5.46. The molecule has 1 heterocycles. The van der Waals surface area contributed by atoms with Gasteiger partial charge in [0.25, 0.3) is 5.91 Å². The number of thioether (sulfide) groups is 1. The minimum absolute atomic E-state index is 0.0680. The van der Waals surface area contributed by atoms with Gasteiger partial charge in [-0.3, -0.25) is 9.59 Å². The average molecular weight is 316 g/mol. The lowest BCUT2D eigenvalue weighted by molar-refractivity contribution is -0.113. The first-order valence-electron chi connectivity index (χ1n) is 6.67. The first-order chi connectivity index (χ1) is 10.5. The number of aryl methyl sites for hydroxylation is 1. The molecule has 0 saturated carbocycles. The molecular formula is C16H13FN2O2S. The van der Waals surface area contributed by atoms with Crippen LogP contribution in [0.3, 0.4) is 0 Å². The number of nitrogens with one attached hydrogen (secondary N) is 2. The summed E-state index contributed by atoms with van der Waals surface area (Å²) in [5.41, 5.74) is 1.96. The molecule has 0 aliphatic carbocycles. The monoisotopic (exact) mass is 316 g/mol. The van der Waals surface area contributed by atoms with Crippen LogP contribution in [-0.4, -0.2) is 17.6 Å². The van der Waals surface area contributed by atoms with Gasteiger partial charge in [0.1, 0.15) is 5.82 Å². The number of rotatable bonds is 2. The first kappa shape index (κ1) is 14.6. The summed E-state index contributed by atoms with van der Waals surface area (Å²) in [5.74, 6) is -0.488. The molecule has 2 aromatic rings. The minimum Gasteiger partial charge on any atom is -0.324 e. The van der Waals surface area contributed by atoms with Crippen LogP contribution in [0.15, 0.2) is 41.3 Å². The maximum Gasteiger partial charge on any atom is 0.255 e. The van der Waals surface area contributed by atoms with E-state index in [0.717, 1.165) is 4.90 Å². The second-order valence-electron chi connectivity index (χ2n) is 4.97. The average Bonchev–Trinajstić information content (AvgIpc) is 2.49. The Morgan fingerprint density at radius 3 is 2.86 bits per heavy atom. The number of benzene rings is 2. The molecule has 3 rings (SSSR count). The lowest BCUT2D eigenvalue weighted by Crippen LogP contribution is -2.19. The van der Waals surface area contributed by atoms with E-state index >= 15 is 0 Å². The molecule has 0 bridgehead atoms. The van der Waals surface area contributed by atoms with Crippen LogP contribution in [0, 0.1) is 12.7 Å². The van der Waals surface area contributed by atoms with E-state index in [1.807, 2.05) is 6.07 Å². The van der Waals surface area contributed by atoms with Gasteiger partial charge in [0.15, 0.2) is 0 Å². The van der Waals surface area contributed by atoms with Crippen LogP contribution in [0.25, 0.3) is 0 Å². The summed E-state index contributed by atoms with van der Waals surface area (Å²) in [6, 6.07) is 9.64. The lowest BCUT2D eigenvalue weighted by Gasteiger charge is -2.17. The molecule has 1 aliphatic rings. The normalized spacial score (nSPS) is 13.3. The van der Waals surface area contributed by atoms with Crippen LogP contribution in [-0.2, 0) is 4.79 Å². The van der Waals surface area contributed by atoms with Crippen molar-refractivity contribution in [3.8, 4) is 0 Å². The van der Waals surface area contributed by atoms with E-state index in [-0.39, 0.29) is 11.5 Å². The Labute approximate surface area is 131 Å². The Bertz CT molecular complexity index is 777. The largest absolute Gasteiger partial charge is 0.324 e. The van der Waals surface area contributed by atoms with Gasteiger partial charge in [-0.2, -0.15) is 0 Å². The molecular weight excluding hydrogens is 303 g/mol. The Kier molecular flexibility index (Phi) is 3.85. The van der Waals surface area contributed by atoms with Gasteiger partial charge in [-0.25, -0.2) is 4.39 Å². The van der Waals surface area contributed by atoms with Gasteiger partial charge in [-0.15, -0.1) is 11.8 Å². The molecule has 112 valence electrons. The highest BCUT2D eigenvalue weighted by Gasteiger charge is 2.16. The predicted octanol–water partition coefficient (Wildman–Crippen LogP) is 3.43. The van der Waals surface area contributed by atoms with Crippen molar-refractivity contribution in [1.29, 1.82) is 0 Å². The fourth-order valence-electron chi connectivity index (χ4n) is 2.10. The maximum atomic E-state index is 13.5. The van der Waals surface area contributed by atoms with Crippen LogP contribution in [0.2, 0.25) is 0 Å². The molecule has 2 N–H and O–H groups in total. The van der Waals surface area contributed by atoms with Crippen molar-refractivity contribution in [2.45, 2.75) is 11.8 Å². The van der Waals surface area contributed by atoms with E-state index in [9.17, 15) is 14.0 Å². The summed E-state index contributed by atoms with van der Waals surface area (Å²) in [6.45, 7) is 1.64. The van der Waals surface area contributed by atoms with E-state index < -0.39 is 11.7 Å². The molecule has 0 radical (unpaired) electrons. The summed E-state index contributed by atoms with van der Waals surface area (Å²) in [7, 11) is 0. The molecule has 2 amide bonds. The fourth-order valence-corrected chi connectivity index (χ4v) is 2.89. The van der Waals surface area contributed by atoms with Crippen LogP contribution < -0.4 is 10.6 Å². The van der Waals surface area contributed by atoms with Gasteiger partial charge in [0, 0.05) is 16.1 Å². The van der Waals surface area contributed by atoms with Crippen molar-refractivity contribution in [1.82, 2.24) is 0 Å². The predicted molar refractivity (Wildman–Crippen MR) is 84.9 cm³/mol. The van der Waals surface area contributed by atoms with Gasteiger partial charge in [0.2, 0.25) is 5.91 Å². The zero-order chi connectivity index (χ0) is 15.7. The number of fused-ring (bicyclic) bond motifs is 1. The van der Waals surface area contributed by atoms with Crippen molar-refractivity contribution < 1.29 is 14.0 Å². The van der Waals surface area contributed by atoms with Gasteiger partial charge in [-0.1, -0.05) is 6.07 Å². The highest BCUT2D eigenvalue weighted by molar-refractivity contribution is 8.00. The van der Waals surface area contributed by atoms with Crippen LogP contribution in [0.4, 0.5) is 15.8 Å². The highest BCUT2D eigenvalue weighted by Crippen LogP contribution is 2.33. The second kappa shape index (κ2) is 5.81. The minimum atomic E-state index is -0.415. The summed E-state index contributed by atoms with van der Waals surface area (Å²) in [4.78, 5) is 24.5. The van der Waals surface area contributed by atoms with Gasteiger partial charge in [-0.05, 0) is 42.8 Å². The van der Waals surface area contributed by atoms with Crippen molar-refractivity contribution >= 4 is 35.0 Å². The van der Waals surface area contributed by atoms with Crippen molar-refractivity contribution in [2.75, 3.05) is 16.4 Å². The van der Waals surface area contributed by atoms with Crippen molar-refractivity contribution in [3.05, 3.63) is 53.3 Å². The Morgan fingerprint density at radius 1 is 1.27 bits per heavy atom. The van der Waals surface area contributed by atoms with Gasteiger partial charge < -0.3 is 10.6 Å². The molecule has 0 atom stereocenters. The van der Waals surface area contributed by atoms with E-state index in [1.54, 1.807) is 31.2 Å². The Hall–Kier alpha value is -2.34. The van der Waals surface area contributed by atoms with E-state index in [0.29, 0.717) is 22.7 Å². The quantitative estimate of drug-likeness (QED) is 0.892. The third-order valence-electron chi connectivity index (χ3n) is 3.30. The summed E-state index contributed by atoms with van der Waals surface area (Å²) >= 11 is 1.45. The zero-order valence-corrected chi connectivity index (χ0v) is 12.6. The number of carbonyl (C=O) groups is 2. The highest BCUT2D eigenvalue weighted by atomic mass is 32.2. The first-order valence-corrected chi connectivity index (χ1v) is 7.66. The van der Waals surface area contributed by atoms with E-state index in [4.69, 9.17) is 0 Å². The van der Waals surface area contributed by atoms with E-state index in [2.05, 4.69) is 10.6 Å². The third kappa shape index (κ3) is 2.96. The molecule has 0 saturated heterocycles. The van der Waals surface area contributed by atoms with Crippen LogP contribution >= 0.6 is 11.8 Å². The fraction of sp³-hybridized carbons (Fsp3) is 0.125. The second-order valence-corrected chi connectivity index (χ2v) is 5.98. The van der Waals surface area contributed by atoms with Crippen LogP contribution in [0.1, 0.15) is 15.9 Å².